The molecule has 1 aliphatic heterocycles. The second-order valence-electron chi connectivity index (χ2n) is 5.00. The van der Waals surface area contributed by atoms with Crippen molar-refractivity contribution in [3.8, 4) is 0 Å². The minimum absolute atomic E-state index is 0.0135. The van der Waals surface area contributed by atoms with Gasteiger partial charge >= 0.3 is 22.4 Å². The van der Waals surface area contributed by atoms with E-state index >= 15 is 0 Å². The maximum Gasteiger partial charge on any atom is 0.424 e. The van der Waals surface area contributed by atoms with Crippen molar-refractivity contribution in [1.29, 1.82) is 0 Å². The molecule has 0 unspecified atom stereocenters. The van der Waals surface area contributed by atoms with Gasteiger partial charge in [-0.25, -0.2) is 14.7 Å². The van der Waals surface area contributed by atoms with Gasteiger partial charge in [0, 0.05) is 11.8 Å². The molecule has 0 aromatic heterocycles. The van der Waals surface area contributed by atoms with Crippen LogP contribution in [0.25, 0.3) is 0 Å². The summed E-state index contributed by atoms with van der Waals surface area (Å²) in [6.07, 6.45) is 1.28. The molecular formula is C13H21N3O6S2. The largest absolute Gasteiger partial charge is 0.445 e. The lowest BCUT2D eigenvalue weighted by molar-refractivity contribution is 0.0982. The highest BCUT2D eigenvalue weighted by Crippen LogP contribution is 2.24. The molecule has 9 nitrogen and oxygen atoms in total. The number of amides is 2. The number of ether oxygens (including phenoxy) is 2. The molecule has 1 rings (SSSR count). The first-order valence-corrected chi connectivity index (χ1v) is 9.03. The SMILES string of the molecule is C=CCOC(=O)N1C[C@@H](S)C[C@H]1CN(C(=O)OCC=C)S(N)(=O)=O. The lowest BCUT2D eigenvalue weighted by Gasteiger charge is -2.28. The molecule has 0 aromatic rings. The Hall–Kier alpha value is -1.72. The quantitative estimate of drug-likeness (QED) is 0.491. The van der Waals surface area contributed by atoms with Gasteiger partial charge in [0.1, 0.15) is 13.2 Å². The fourth-order valence-electron chi connectivity index (χ4n) is 2.18. The van der Waals surface area contributed by atoms with Crippen molar-refractivity contribution in [2.75, 3.05) is 26.3 Å². The Kier molecular flexibility index (Phi) is 7.58. The van der Waals surface area contributed by atoms with Gasteiger partial charge in [0.15, 0.2) is 0 Å². The topological polar surface area (TPSA) is 119 Å². The fraction of sp³-hybridized carbons (Fsp3) is 0.538. The van der Waals surface area contributed by atoms with Crippen LogP contribution in [-0.2, 0) is 19.7 Å². The van der Waals surface area contributed by atoms with E-state index in [1.54, 1.807) is 0 Å². The minimum atomic E-state index is -4.36. The van der Waals surface area contributed by atoms with E-state index in [-0.39, 0.29) is 31.6 Å². The Morgan fingerprint density at radius 2 is 1.88 bits per heavy atom. The van der Waals surface area contributed by atoms with E-state index < -0.39 is 28.4 Å². The van der Waals surface area contributed by atoms with Crippen molar-refractivity contribution in [3.05, 3.63) is 25.3 Å². The number of likely N-dealkylation sites (tertiary alicyclic amines) is 1. The third-order valence-corrected chi connectivity index (χ3v) is 4.45. The third kappa shape index (κ3) is 5.73. The highest BCUT2D eigenvalue weighted by molar-refractivity contribution is 7.87. The van der Waals surface area contributed by atoms with E-state index in [4.69, 9.17) is 14.6 Å². The molecule has 0 spiro atoms. The highest BCUT2D eigenvalue weighted by Gasteiger charge is 2.39. The Morgan fingerprint density at radius 3 is 2.42 bits per heavy atom. The molecule has 136 valence electrons. The molecule has 2 amide bonds. The molecule has 0 aliphatic carbocycles. The van der Waals surface area contributed by atoms with Gasteiger partial charge in [0.2, 0.25) is 0 Å². The zero-order valence-electron chi connectivity index (χ0n) is 13.0. The van der Waals surface area contributed by atoms with Gasteiger partial charge < -0.3 is 14.4 Å². The van der Waals surface area contributed by atoms with E-state index in [1.165, 1.54) is 17.1 Å². The number of carbonyl (C=O) groups excluding carboxylic acids is 2. The van der Waals surface area contributed by atoms with Crippen molar-refractivity contribution in [2.45, 2.75) is 17.7 Å². The molecule has 1 saturated heterocycles. The molecule has 0 saturated carbocycles. The fourth-order valence-corrected chi connectivity index (χ4v) is 3.24. The molecule has 1 heterocycles. The van der Waals surface area contributed by atoms with E-state index in [1.807, 2.05) is 0 Å². The first kappa shape index (κ1) is 20.3. The Balaban J connectivity index is 2.89. The van der Waals surface area contributed by atoms with Crippen LogP contribution in [0.2, 0.25) is 0 Å². The molecule has 24 heavy (non-hydrogen) atoms. The van der Waals surface area contributed by atoms with Gasteiger partial charge in [-0.2, -0.15) is 25.4 Å². The van der Waals surface area contributed by atoms with Gasteiger partial charge in [-0.3, -0.25) is 0 Å². The molecule has 2 N–H and O–H groups in total. The number of hydrogen-bond donors (Lipinski definition) is 2. The molecule has 2 atom stereocenters. The Morgan fingerprint density at radius 1 is 1.29 bits per heavy atom. The number of nitrogens with zero attached hydrogens (tertiary/aromatic N) is 2. The molecule has 11 heteroatoms. The smallest absolute Gasteiger partial charge is 0.424 e. The monoisotopic (exact) mass is 379 g/mol. The zero-order chi connectivity index (χ0) is 18.3. The highest BCUT2D eigenvalue weighted by atomic mass is 32.2. The van der Waals surface area contributed by atoms with Crippen LogP contribution in [0.1, 0.15) is 6.42 Å². The summed E-state index contributed by atoms with van der Waals surface area (Å²) in [7, 11) is -4.36. The molecular weight excluding hydrogens is 358 g/mol. The maximum atomic E-state index is 12.0. The Bertz CT molecular complexity index is 595. The second-order valence-corrected chi connectivity index (χ2v) is 7.20. The van der Waals surface area contributed by atoms with E-state index in [2.05, 4.69) is 25.8 Å². The summed E-state index contributed by atoms with van der Waals surface area (Å²) in [6, 6.07) is -0.626. The molecule has 0 aromatic carbocycles. The third-order valence-electron chi connectivity index (χ3n) is 3.16. The van der Waals surface area contributed by atoms with Gasteiger partial charge in [-0.15, -0.1) is 0 Å². The standard InChI is InChI=1S/C13H21N3O6S2/c1-3-5-21-12(17)15-9-11(23)7-10(15)8-16(24(14,19)20)13(18)22-6-4-2/h3-4,10-11,23H,1-2,5-9H2,(H2,14,19,20)/t10-,11-/m0/s1. The van der Waals surface area contributed by atoms with E-state index in [9.17, 15) is 18.0 Å². The summed E-state index contributed by atoms with van der Waals surface area (Å²) in [5, 5.41) is 4.89. The normalized spacial score (nSPS) is 20.3. The lowest BCUT2D eigenvalue weighted by Crippen LogP contribution is -2.49. The first-order valence-electron chi connectivity index (χ1n) is 7.01. The van der Waals surface area contributed by atoms with Crippen LogP contribution in [0.5, 0.6) is 0 Å². The number of nitrogens with two attached hydrogens (primary N) is 1. The first-order chi connectivity index (χ1) is 11.2. The summed E-state index contributed by atoms with van der Waals surface area (Å²) < 4.78 is 33.4. The maximum absolute atomic E-state index is 12.0. The van der Waals surface area contributed by atoms with Crippen molar-refractivity contribution in [3.63, 3.8) is 0 Å². The summed E-state index contributed by atoms with van der Waals surface area (Å²) in [5.41, 5.74) is 0. The van der Waals surface area contributed by atoms with Gasteiger partial charge in [-0.1, -0.05) is 25.3 Å². The van der Waals surface area contributed by atoms with Crippen LogP contribution < -0.4 is 5.14 Å². The molecule has 0 radical (unpaired) electrons. The van der Waals surface area contributed by atoms with Crippen LogP contribution in [0.3, 0.4) is 0 Å². The summed E-state index contributed by atoms with van der Waals surface area (Å²) >= 11 is 4.30. The lowest BCUT2D eigenvalue weighted by atomic mass is 10.2. The van der Waals surface area contributed by atoms with Crippen molar-refractivity contribution >= 4 is 35.0 Å². The van der Waals surface area contributed by atoms with Crippen molar-refractivity contribution < 1.29 is 27.5 Å². The number of thiol groups is 1. The van der Waals surface area contributed by atoms with Crippen LogP contribution >= 0.6 is 12.6 Å². The number of carbonyl (C=O) groups is 2. The van der Waals surface area contributed by atoms with E-state index in [0.717, 1.165) is 0 Å². The second kappa shape index (κ2) is 8.94. The predicted octanol–water partition coefficient (Wildman–Crippen LogP) is 0.510. The van der Waals surface area contributed by atoms with E-state index in [0.29, 0.717) is 10.7 Å². The van der Waals surface area contributed by atoms with Gasteiger partial charge in [0.05, 0.1) is 12.6 Å². The number of hydrogen-bond acceptors (Lipinski definition) is 7. The average Bonchev–Trinajstić information content (AvgIpc) is 2.87. The summed E-state index contributed by atoms with van der Waals surface area (Å²) in [5.74, 6) is 0. The van der Waals surface area contributed by atoms with Crippen LogP contribution in [-0.4, -0.2) is 67.4 Å². The van der Waals surface area contributed by atoms with Gasteiger partial charge in [0.25, 0.3) is 0 Å². The van der Waals surface area contributed by atoms with Crippen molar-refractivity contribution in [2.24, 2.45) is 5.14 Å². The minimum Gasteiger partial charge on any atom is -0.445 e. The number of rotatable bonds is 7. The van der Waals surface area contributed by atoms with Gasteiger partial charge in [-0.05, 0) is 6.42 Å². The van der Waals surface area contributed by atoms with Crippen molar-refractivity contribution in [1.82, 2.24) is 9.21 Å². The molecule has 1 aliphatic rings. The summed E-state index contributed by atoms with van der Waals surface area (Å²) in [4.78, 5) is 25.2. The summed E-state index contributed by atoms with van der Waals surface area (Å²) in [6.45, 7) is 6.55. The predicted molar refractivity (Wildman–Crippen MR) is 90.8 cm³/mol. The van der Waals surface area contributed by atoms with Crippen LogP contribution in [0.15, 0.2) is 25.3 Å². The van der Waals surface area contributed by atoms with Crippen LogP contribution in [0.4, 0.5) is 9.59 Å². The Labute approximate surface area is 146 Å². The average molecular weight is 379 g/mol. The molecule has 1 fully saturated rings. The van der Waals surface area contributed by atoms with Crippen LogP contribution in [0, 0.1) is 0 Å². The molecule has 0 bridgehead atoms. The zero-order valence-corrected chi connectivity index (χ0v) is 14.7.